The van der Waals surface area contributed by atoms with Crippen molar-refractivity contribution >= 4 is 0 Å². The number of nitrogens with two attached hydrogens (primary N) is 1. The fraction of sp³-hybridized carbons (Fsp3) is 0.571. The van der Waals surface area contributed by atoms with Gasteiger partial charge in [-0.3, -0.25) is 4.90 Å². The summed E-state index contributed by atoms with van der Waals surface area (Å²) in [4.78, 5) is 2.68. The van der Waals surface area contributed by atoms with Gasteiger partial charge in [0.05, 0.1) is 0 Å². The van der Waals surface area contributed by atoms with E-state index < -0.39 is 0 Å². The average molecular weight is 216 g/mol. The molecule has 0 amide bonds. The minimum absolute atomic E-state index is 0.449. The topological polar surface area (TPSA) is 29.3 Å². The maximum Gasteiger partial charge on any atom is 0.0239 e. The van der Waals surface area contributed by atoms with Crippen LogP contribution in [-0.2, 0) is 6.54 Å². The molecule has 1 aromatic carbocycles. The lowest BCUT2D eigenvalue weighted by Crippen LogP contribution is -2.46. The van der Waals surface area contributed by atoms with Gasteiger partial charge >= 0.3 is 0 Å². The minimum Gasteiger partial charge on any atom is -0.328 e. The molecule has 0 aromatic heterocycles. The molecule has 2 saturated heterocycles. The van der Waals surface area contributed by atoms with Crippen LogP contribution in [0.1, 0.15) is 31.2 Å². The summed E-state index contributed by atoms with van der Waals surface area (Å²) in [6.07, 6.45) is 5.10. The van der Waals surface area contributed by atoms with E-state index in [1.807, 2.05) is 0 Å². The van der Waals surface area contributed by atoms with E-state index >= 15 is 0 Å². The van der Waals surface area contributed by atoms with Crippen molar-refractivity contribution in [1.82, 2.24) is 4.90 Å². The Labute approximate surface area is 97.4 Å². The highest BCUT2D eigenvalue weighted by Crippen LogP contribution is 2.35. The molecular formula is C14H20N2. The quantitative estimate of drug-likeness (QED) is 0.820. The van der Waals surface area contributed by atoms with Crippen molar-refractivity contribution in [2.24, 2.45) is 5.73 Å². The molecule has 0 aliphatic carbocycles. The molecule has 2 fully saturated rings. The van der Waals surface area contributed by atoms with Crippen LogP contribution in [0, 0.1) is 0 Å². The SMILES string of the molecule is N[C@H]1C[C@H]2CC[C@@H](C1)N2Cc1ccccc1. The van der Waals surface area contributed by atoms with Crippen LogP contribution in [0.3, 0.4) is 0 Å². The van der Waals surface area contributed by atoms with Crippen molar-refractivity contribution < 1.29 is 0 Å². The summed E-state index contributed by atoms with van der Waals surface area (Å²) in [5.41, 5.74) is 7.52. The lowest BCUT2D eigenvalue weighted by Gasteiger charge is -2.37. The summed E-state index contributed by atoms with van der Waals surface area (Å²) in [6, 6.07) is 12.7. The third-order valence-corrected chi connectivity index (χ3v) is 4.13. The highest BCUT2D eigenvalue weighted by atomic mass is 15.2. The van der Waals surface area contributed by atoms with E-state index in [2.05, 4.69) is 35.2 Å². The van der Waals surface area contributed by atoms with Gasteiger partial charge in [-0.2, -0.15) is 0 Å². The Bertz CT molecular complexity index is 335. The molecule has 3 atom stereocenters. The third kappa shape index (κ3) is 1.87. The van der Waals surface area contributed by atoms with Gasteiger partial charge in [-0.25, -0.2) is 0 Å². The fourth-order valence-electron chi connectivity index (χ4n) is 3.37. The minimum atomic E-state index is 0.449. The van der Waals surface area contributed by atoms with E-state index in [0.29, 0.717) is 6.04 Å². The number of piperidine rings is 1. The van der Waals surface area contributed by atoms with Crippen LogP contribution in [0.15, 0.2) is 30.3 Å². The number of hydrogen-bond donors (Lipinski definition) is 1. The first kappa shape index (κ1) is 10.3. The van der Waals surface area contributed by atoms with Crippen molar-refractivity contribution in [3.63, 3.8) is 0 Å². The maximum atomic E-state index is 6.08. The Morgan fingerprint density at radius 1 is 1.06 bits per heavy atom. The Morgan fingerprint density at radius 3 is 2.31 bits per heavy atom. The van der Waals surface area contributed by atoms with Crippen LogP contribution in [0.25, 0.3) is 0 Å². The first-order valence-electron chi connectivity index (χ1n) is 6.38. The zero-order valence-corrected chi connectivity index (χ0v) is 9.68. The third-order valence-electron chi connectivity index (χ3n) is 4.13. The molecular weight excluding hydrogens is 196 g/mol. The lowest BCUT2D eigenvalue weighted by molar-refractivity contribution is 0.120. The molecule has 2 bridgehead atoms. The van der Waals surface area contributed by atoms with Gasteiger partial charge in [0.2, 0.25) is 0 Å². The second-order valence-corrected chi connectivity index (χ2v) is 5.27. The van der Waals surface area contributed by atoms with Crippen molar-refractivity contribution in [2.75, 3.05) is 0 Å². The number of benzene rings is 1. The number of fused-ring (bicyclic) bond motifs is 2. The molecule has 1 aromatic rings. The van der Waals surface area contributed by atoms with Crippen LogP contribution in [-0.4, -0.2) is 23.0 Å². The molecule has 2 aliphatic heterocycles. The fourth-order valence-corrected chi connectivity index (χ4v) is 3.37. The smallest absolute Gasteiger partial charge is 0.0239 e. The zero-order chi connectivity index (χ0) is 11.0. The standard InChI is InChI=1S/C14H20N2/c15-12-8-13-6-7-14(9-12)16(13)10-11-4-2-1-3-5-11/h1-5,12-14H,6-10,15H2/t12-,13+,14-. The van der Waals surface area contributed by atoms with E-state index in [1.54, 1.807) is 0 Å². The Morgan fingerprint density at radius 2 is 1.69 bits per heavy atom. The molecule has 0 unspecified atom stereocenters. The van der Waals surface area contributed by atoms with Crippen LogP contribution in [0.5, 0.6) is 0 Å². The van der Waals surface area contributed by atoms with Crippen molar-refractivity contribution in [2.45, 2.75) is 50.4 Å². The average Bonchev–Trinajstić information content (AvgIpc) is 2.54. The van der Waals surface area contributed by atoms with Crippen LogP contribution < -0.4 is 5.73 Å². The first-order chi connectivity index (χ1) is 7.83. The summed E-state index contributed by atoms with van der Waals surface area (Å²) in [7, 11) is 0. The monoisotopic (exact) mass is 216 g/mol. The van der Waals surface area contributed by atoms with Gasteiger partial charge in [0.1, 0.15) is 0 Å². The highest BCUT2D eigenvalue weighted by Gasteiger charge is 2.39. The van der Waals surface area contributed by atoms with Crippen LogP contribution >= 0.6 is 0 Å². The van der Waals surface area contributed by atoms with E-state index in [1.165, 1.54) is 31.2 Å². The van der Waals surface area contributed by atoms with E-state index in [0.717, 1.165) is 18.6 Å². The molecule has 2 aliphatic rings. The highest BCUT2D eigenvalue weighted by molar-refractivity contribution is 5.15. The Hall–Kier alpha value is -0.860. The lowest BCUT2D eigenvalue weighted by atomic mass is 9.97. The maximum absolute atomic E-state index is 6.08. The number of hydrogen-bond acceptors (Lipinski definition) is 2. The van der Waals surface area contributed by atoms with Gasteiger partial charge in [0, 0.05) is 24.7 Å². The van der Waals surface area contributed by atoms with Gasteiger partial charge in [-0.05, 0) is 31.2 Å². The molecule has 0 saturated carbocycles. The predicted octanol–water partition coefficient (Wildman–Crippen LogP) is 2.14. The van der Waals surface area contributed by atoms with Crippen LogP contribution in [0.4, 0.5) is 0 Å². The Kier molecular flexibility index (Phi) is 2.70. The predicted molar refractivity (Wildman–Crippen MR) is 66.0 cm³/mol. The van der Waals surface area contributed by atoms with Crippen LogP contribution in [0.2, 0.25) is 0 Å². The molecule has 2 heterocycles. The second kappa shape index (κ2) is 4.19. The number of rotatable bonds is 2. The molecule has 0 radical (unpaired) electrons. The van der Waals surface area contributed by atoms with Gasteiger partial charge in [-0.15, -0.1) is 0 Å². The van der Waals surface area contributed by atoms with Gasteiger partial charge in [0.15, 0.2) is 0 Å². The van der Waals surface area contributed by atoms with E-state index in [4.69, 9.17) is 5.73 Å². The van der Waals surface area contributed by atoms with Gasteiger partial charge in [-0.1, -0.05) is 30.3 Å². The Balaban J connectivity index is 1.72. The van der Waals surface area contributed by atoms with E-state index in [-0.39, 0.29) is 0 Å². The normalized spacial score (nSPS) is 34.2. The molecule has 2 heteroatoms. The van der Waals surface area contributed by atoms with Crippen molar-refractivity contribution in [3.8, 4) is 0 Å². The molecule has 3 rings (SSSR count). The molecule has 86 valence electrons. The largest absolute Gasteiger partial charge is 0.328 e. The van der Waals surface area contributed by atoms with Gasteiger partial charge < -0.3 is 5.73 Å². The number of nitrogens with zero attached hydrogens (tertiary/aromatic N) is 1. The summed E-state index contributed by atoms with van der Waals surface area (Å²) in [5.74, 6) is 0. The summed E-state index contributed by atoms with van der Waals surface area (Å²) in [6.45, 7) is 1.11. The van der Waals surface area contributed by atoms with Gasteiger partial charge in [0.25, 0.3) is 0 Å². The summed E-state index contributed by atoms with van der Waals surface area (Å²) < 4.78 is 0. The molecule has 2 N–H and O–H groups in total. The second-order valence-electron chi connectivity index (χ2n) is 5.27. The molecule has 16 heavy (non-hydrogen) atoms. The molecule has 0 spiro atoms. The summed E-state index contributed by atoms with van der Waals surface area (Å²) in [5, 5.41) is 0. The van der Waals surface area contributed by atoms with E-state index in [9.17, 15) is 0 Å². The zero-order valence-electron chi connectivity index (χ0n) is 9.68. The van der Waals surface area contributed by atoms with Crippen molar-refractivity contribution in [1.29, 1.82) is 0 Å². The first-order valence-corrected chi connectivity index (χ1v) is 6.38. The summed E-state index contributed by atoms with van der Waals surface area (Å²) >= 11 is 0. The van der Waals surface area contributed by atoms with Crippen molar-refractivity contribution in [3.05, 3.63) is 35.9 Å². The molecule has 2 nitrogen and oxygen atoms in total.